The van der Waals surface area contributed by atoms with Crippen LogP contribution in [0.5, 0.6) is 0 Å². The van der Waals surface area contributed by atoms with Gasteiger partial charge < -0.3 is 4.74 Å². The largest absolute Gasteiger partial charge is 0.458 e. The van der Waals surface area contributed by atoms with Crippen LogP contribution in [-0.4, -0.2) is 22.8 Å². The predicted octanol–water partition coefficient (Wildman–Crippen LogP) is 2.28. The first kappa shape index (κ1) is 12.8. The van der Waals surface area contributed by atoms with Crippen molar-refractivity contribution in [1.29, 1.82) is 0 Å². The summed E-state index contributed by atoms with van der Waals surface area (Å²) in [5.41, 5.74) is 0.783. The number of ketones is 1. The van der Waals surface area contributed by atoms with Crippen molar-refractivity contribution in [3.8, 4) is 0 Å². The molecule has 1 heterocycles. The van der Waals surface area contributed by atoms with Gasteiger partial charge in [0.2, 0.25) is 0 Å². The van der Waals surface area contributed by atoms with Crippen molar-refractivity contribution in [2.45, 2.75) is 25.4 Å². The van der Waals surface area contributed by atoms with E-state index in [9.17, 15) is 9.59 Å². The van der Waals surface area contributed by atoms with Gasteiger partial charge in [0, 0.05) is 19.5 Å². The Morgan fingerprint density at radius 2 is 2.28 bits per heavy atom. The van der Waals surface area contributed by atoms with Crippen LogP contribution in [0.2, 0.25) is 5.15 Å². The highest BCUT2D eigenvalue weighted by Gasteiger charge is 2.27. The number of hydrogen-bond acceptors (Lipinski definition) is 4. The van der Waals surface area contributed by atoms with E-state index in [1.165, 1.54) is 13.0 Å². The van der Waals surface area contributed by atoms with Gasteiger partial charge in [-0.2, -0.15) is 0 Å². The molecule has 2 rings (SSSR count). The lowest BCUT2D eigenvalue weighted by Gasteiger charge is -2.23. The molecule has 0 spiro atoms. The molecule has 1 unspecified atom stereocenters. The van der Waals surface area contributed by atoms with Crippen LogP contribution in [0.1, 0.15) is 24.8 Å². The highest BCUT2D eigenvalue weighted by atomic mass is 35.5. The zero-order valence-electron chi connectivity index (χ0n) is 9.80. The molecule has 1 aromatic heterocycles. The molecule has 0 aromatic carbocycles. The zero-order valence-corrected chi connectivity index (χ0v) is 10.6. The highest BCUT2D eigenvalue weighted by molar-refractivity contribution is 6.29. The first-order chi connectivity index (χ1) is 8.56. The number of esters is 1. The number of nitrogens with zero attached hydrogens (tertiary/aromatic N) is 1. The maximum Gasteiger partial charge on any atom is 0.303 e. The molecule has 0 amide bonds. The third-order valence-electron chi connectivity index (χ3n) is 2.76. The Kier molecular flexibility index (Phi) is 3.77. The third-order valence-corrected chi connectivity index (χ3v) is 2.98. The molecule has 0 fully saturated rings. The normalized spacial score (nSPS) is 22.9. The first-order valence-electron chi connectivity index (χ1n) is 5.57. The number of halogens is 1. The van der Waals surface area contributed by atoms with Crippen molar-refractivity contribution >= 4 is 23.4 Å². The Bertz CT molecular complexity index is 495. The van der Waals surface area contributed by atoms with Crippen molar-refractivity contribution in [3.63, 3.8) is 0 Å². The van der Waals surface area contributed by atoms with E-state index in [-0.39, 0.29) is 23.8 Å². The van der Waals surface area contributed by atoms with Gasteiger partial charge in [-0.15, -0.1) is 0 Å². The number of ether oxygens (including phenoxy) is 1. The first-order valence-corrected chi connectivity index (χ1v) is 5.95. The zero-order chi connectivity index (χ0) is 13.1. The van der Waals surface area contributed by atoms with Crippen LogP contribution in [-0.2, 0) is 14.3 Å². The van der Waals surface area contributed by atoms with Crippen LogP contribution in [0, 0.1) is 0 Å². The fourth-order valence-electron chi connectivity index (χ4n) is 1.94. The Morgan fingerprint density at radius 1 is 1.50 bits per heavy atom. The summed E-state index contributed by atoms with van der Waals surface area (Å²) < 4.78 is 5.09. The van der Waals surface area contributed by atoms with Crippen molar-refractivity contribution in [1.82, 2.24) is 4.98 Å². The average Bonchev–Trinajstić information content (AvgIpc) is 2.32. The second-order valence-electron chi connectivity index (χ2n) is 4.11. The summed E-state index contributed by atoms with van der Waals surface area (Å²) in [6, 6.07) is 3.41. The minimum Gasteiger partial charge on any atom is -0.458 e. The van der Waals surface area contributed by atoms with Crippen LogP contribution < -0.4 is 0 Å². The van der Waals surface area contributed by atoms with Crippen molar-refractivity contribution < 1.29 is 14.3 Å². The summed E-state index contributed by atoms with van der Waals surface area (Å²) >= 11 is 5.71. The number of rotatable bonds is 2. The van der Waals surface area contributed by atoms with Crippen molar-refractivity contribution in [2.24, 2.45) is 0 Å². The average molecular weight is 266 g/mol. The molecular weight excluding hydrogens is 254 g/mol. The van der Waals surface area contributed by atoms with Gasteiger partial charge in [0.15, 0.2) is 5.78 Å². The SMILES string of the molecule is CC(=O)O[C@H]1C=CC(=O)C(c2ccc(Cl)nc2)C1. The quantitative estimate of drug-likeness (QED) is 0.608. The molecule has 94 valence electrons. The Labute approximate surface area is 110 Å². The minimum absolute atomic E-state index is 0.0116. The second kappa shape index (κ2) is 5.31. The van der Waals surface area contributed by atoms with Gasteiger partial charge in [-0.1, -0.05) is 17.7 Å². The maximum absolute atomic E-state index is 11.8. The summed E-state index contributed by atoms with van der Waals surface area (Å²) in [5.74, 6) is -0.696. The fraction of sp³-hybridized carbons (Fsp3) is 0.308. The van der Waals surface area contributed by atoms with Crippen molar-refractivity contribution in [2.75, 3.05) is 0 Å². The van der Waals surface area contributed by atoms with Crippen LogP contribution >= 0.6 is 11.6 Å². The number of aromatic nitrogens is 1. The van der Waals surface area contributed by atoms with Gasteiger partial charge in [-0.05, 0) is 23.8 Å². The highest BCUT2D eigenvalue weighted by Crippen LogP contribution is 2.28. The second-order valence-corrected chi connectivity index (χ2v) is 4.50. The van der Waals surface area contributed by atoms with Gasteiger partial charge in [0.05, 0.1) is 5.92 Å². The molecule has 0 saturated heterocycles. The predicted molar refractivity (Wildman–Crippen MR) is 66.3 cm³/mol. The maximum atomic E-state index is 11.8. The smallest absolute Gasteiger partial charge is 0.303 e. The lowest BCUT2D eigenvalue weighted by Crippen LogP contribution is -2.25. The van der Waals surface area contributed by atoms with Crippen LogP contribution in [0.25, 0.3) is 0 Å². The molecule has 0 bridgehead atoms. The van der Waals surface area contributed by atoms with E-state index >= 15 is 0 Å². The molecule has 1 aliphatic carbocycles. The summed E-state index contributed by atoms with van der Waals surface area (Å²) in [6.45, 7) is 1.35. The molecular formula is C13H12ClNO3. The summed E-state index contributed by atoms with van der Waals surface area (Å²) in [7, 11) is 0. The number of carbonyl (C=O) groups is 2. The van der Waals surface area contributed by atoms with Gasteiger partial charge in [0.1, 0.15) is 11.3 Å². The standard InChI is InChI=1S/C13H12ClNO3/c1-8(16)18-10-3-4-12(17)11(6-10)9-2-5-13(14)15-7-9/h2-5,7,10-11H,6H2,1H3/t10-,11?/m0/s1. The Hall–Kier alpha value is -1.68. The summed E-state index contributed by atoms with van der Waals surface area (Å²) in [6.07, 6.45) is 4.73. The molecule has 0 saturated carbocycles. The molecule has 0 N–H and O–H groups in total. The molecule has 2 atom stereocenters. The van der Waals surface area contributed by atoms with E-state index in [4.69, 9.17) is 16.3 Å². The third kappa shape index (κ3) is 2.96. The van der Waals surface area contributed by atoms with Crippen LogP contribution in [0.15, 0.2) is 30.5 Å². The lowest BCUT2D eigenvalue weighted by atomic mass is 9.86. The Balaban J connectivity index is 2.17. The van der Waals surface area contributed by atoms with Crippen LogP contribution in [0.3, 0.4) is 0 Å². The van der Waals surface area contributed by atoms with Gasteiger partial charge in [-0.3, -0.25) is 9.59 Å². The van der Waals surface area contributed by atoms with Crippen molar-refractivity contribution in [3.05, 3.63) is 41.2 Å². The van der Waals surface area contributed by atoms with Gasteiger partial charge in [-0.25, -0.2) is 4.98 Å². The summed E-state index contributed by atoms with van der Waals surface area (Å²) in [5, 5.41) is 0.383. The van der Waals surface area contributed by atoms with E-state index in [0.29, 0.717) is 11.6 Å². The van der Waals surface area contributed by atoms with Gasteiger partial charge in [0.25, 0.3) is 0 Å². The summed E-state index contributed by atoms with van der Waals surface area (Å²) in [4.78, 5) is 26.7. The Morgan fingerprint density at radius 3 is 2.89 bits per heavy atom. The molecule has 1 aliphatic rings. The van der Waals surface area contributed by atoms with Crippen LogP contribution in [0.4, 0.5) is 0 Å². The molecule has 0 aliphatic heterocycles. The molecule has 4 nitrogen and oxygen atoms in total. The fourth-order valence-corrected chi connectivity index (χ4v) is 2.05. The molecule has 18 heavy (non-hydrogen) atoms. The van der Waals surface area contributed by atoms with Gasteiger partial charge >= 0.3 is 5.97 Å². The molecule has 0 radical (unpaired) electrons. The van der Waals surface area contributed by atoms with E-state index in [0.717, 1.165) is 5.56 Å². The molecule has 1 aromatic rings. The van der Waals surface area contributed by atoms with E-state index in [2.05, 4.69) is 4.98 Å². The minimum atomic E-state index is -0.360. The number of allylic oxidation sites excluding steroid dienone is 1. The number of hydrogen-bond donors (Lipinski definition) is 0. The lowest BCUT2D eigenvalue weighted by molar-refractivity contribution is -0.145. The monoisotopic (exact) mass is 265 g/mol. The topological polar surface area (TPSA) is 56.3 Å². The molecule has 5 heteroatoms. The van der Waals surface area contributed by atoms with E-state index < -0.39 is 0 Å². The van der Waals surface area contributed by atoms with E-state index in [1.807, 2.05) is 0 Å². The number of carbonyl (C=O) groups excluding carboxylic acids is 2. The number of pyridine rings is 1. The van der Waals surface area contributed by atoms with E-state index in [1.54, 1.807) is 24.4 Å².